The van der Waals surface area contributed by atoms with E-state index in [4.69, 9.17) is 4.74 Å². The Labute approximate surface area is 169 Å². The third-order valence-electron chi connectivity index (χ3n) is 5.01. The quantitative estimate of drug-likeness (QED) is 0.398. The van der Waals surface area contributed by atoms with Gasteiger partial charge in [0.15, 0.2) is 0 Å². The van der Waals surface area contributed by atoms with Crippen molar-refractivity contribution in [3.8, 4) is 0 Å². The van der Waals surface area contributed by atoms with E-state index in [0.29, 0.717) is 10.9 Å². The smallest absolute Gasteiger partial charge is 0.328 e. The molecule has 1 aromatic carbocycles. The number of aromatic nitrogens is 4. The monoisotopic (exact) mass is 413 g/mol. The van der Waals surface area contributed by atoms with Crippen molar-refractivity contribution in [1.82, 2.24) is 24.8 Å². The SMILES string of the molecule is O=C(N[C@@H]1CO[C@H](Cn2c(=O)[nH]c(=O)c3ccccc32)[C@@H](O)[C@H]1O)c1cnccn1. The van der Waals surface area contributed by atoms with Gasteiger partial charge >= 0.3 is 5.69 Å². The Hall–Kier alpha value is -3.41. The molecule has 0 radical (unpaired) electrons. The van der Waals surface area contributed by atoms with E-state index < -0.39 is 41.5 Å². The number of aliphatic hydroxyl groups excluding tert-OH is 2. The van der Waals surface area contributed by atoms with E-state index in [9.17, 15) is 24.6 Å². The predicted molar refractivity (Wildman–Crippen MR) is 104 cm³/mol. The van der Waals surface area contributed by atoms with Gasteiger partial charge in [-0.2, -0.15) is 0 Å². The number of para-hydroxylation sites is 1. The van der Waals surface area contributed by atoms with Crippen LogP contribution in [0.1, 0.15) is 10.5 Å². The molecule has 156 valence electrons. The average Bonchev–Trinajstić information content (AvgIpc) is 2.76. The lowest BCUT2D eigenvalue weighted by atomic mass is 9.97. The molecule has 3 heterocycles. The summed E-state index contributed by atoms with van der Waals surface area (Å²) in [7, 11) is 0. The summed E-state index contributed by atoms with van der Waals surface area (Å²) in [5, 5.41) is 23.9. The van der Waals surface area contributed by atoms with Crippen molar-refractivity contribution in [2.45, 2.75) is 30.9 Å². The second-order valence-corrected chi connectivity index (χ2v) is 6.91. The van der Waals surface area contributed by atoms with Crippen LogP contribution in [0, 0.1) is 0 Å². The maximum absolute atomic E-state index is 12.3. The minimum absolute atomic E-state index is 0.0626. The van der Waals surface area contributed by atoms with Crippen LogP contribution in [0.15, 0.2) is 52.4 Å². The summed E-state index contributed by atoms with van der Waals surface area (Å²) >= 11 is 0. The molecule has 0 aliphatic carbocycles. The normalized spacial score (nSPS) is 23.9. The lowest BCUT2D eigenvalue weighted by molar-refractivity contribution is -0.152. The molecule has 1 amide bonds. The molecule has 1 fully saturated rings. The van der Waals surface area contributed by atoms with Crippen molar-refractivity contribution in [1.29, 1.82) is 0 Å². The van der Waals surface area contributed by atoms with E-state index in [1.54, 1.807) is 24.3 Å². The number of fused-ring (bicyclic) bond motifs is 1. The van der Waals surface area contributed by atoms with Crippen LogP contribution in [0.2, 0.25) is 0 Å². The first-order chi connectivity index (χ1) is 14.5. The molecule has 2 aromatic heterocycles. The zero-order chi connectivity index (χ0) is 21.3. The Balaban J connectivity index is 1.51. The summed E-state index contributed by atoms with van der Waals surface area (Å²) in [6.07, 6.45) is 0.402. The van der Waals surface area contributed by atoms with Crippen LogP contribution in [-0.4, -0.2) is 66.6 Å². The number of carbonyl (C=O) groups is 1. The molecule has 1 aliphatic rings. The second-order valence-electron chi connectivity index (χ2n) is 6.91. The first kappa shape index (κ1) is 19.9. The first-order valence-corrected chi connectivity index (χ1v) is 9.22. The zero-order valence-corrected chi connectivity index (χ0v) is 15.6. The van der Waals surface area contributed by atoms with Crippen LogP contribution in [0.5, 0.6) is 0 Å². The van der Waals surface area contributed by atoms with Crippen molar-refractivity contribution in [2.75, 3.05) is 6.61 Å². The van der Waals surface area contributed by atoms with Crippen molar-refractivity contribution >= 4 is 16.8 Å². The Morgan fingerprint density at radius 1 is 1.23 bits per heavy atom. The standard InChI is InChI=1S/C19H19N5O6/c25-15-12(22-18(28)11-7-20-5-6-21-11)9-30-14(16(15)26)8-24-13-4-2-1-3-10(13)17(27)23-19(24)29/h1-7,12,14-16,25-26H,8-9H2,(H,22,28)(H,23,27,29)/t12-,14-,15+,16-/m1/s1. The number of rotatable bonds is 4. The molecule has 0 spiro atoms. The molecule has 11 heteroatoms. The maximum atomic E-state index is 12.3. The highest BCUT2D eigenvalue weighted by Crippen LogP contribution is 2.18. The van der Waals surface area contributed by atoms with E-state index in [2.05, 4.69) is 20.3 Å². The molecule has 1 saturated heterocycles. The molecule has 4 atom stereocenters. The Kier molecular flexibility index (Phi) is 5.40. The van der Waals surface area contributed by atoms with E-state index in [-0.39, 0.29) is 18.8 Å². The number of amides is 1. The molecular formula is C19H19N5O6. The number of aromatic amines is 1. The third-order valence-corrected chi connectivity index (χ3v) is 5.01. The fraction of sp³-hybridized carbons (Fsp3) is 0.316. The minimum atomic E-state index is -1.39. The molecule has 11 nitrogen and oxygen atoms in total. The van der Waals surface area contributed by atoms with Gasteiger partial charge in [-0.15, -0.1) is 0 Å². The van der Waals surface area contributed by atoms with Crippen molar-refractivity contribution in [2.24, 2.45) is 0 Å². The summed E-state index contributed by atoms with van der Waals surface area (Å²) in [5.41, 5.74) is -0.715. The number of carbonyl (C=O) groups excluding carboxylic acids is 1. The summed E-state index contributed by atoms with van der Waals surface area (Å²) < 4.78 is 6.91. The molecule has 0 saturated carbocycles. The van der Waals surface area contributed by atoms with Gasteiger partial charge in [-0.1, -0.05) is 12.1 Å². The fourth-order valence-corrected chi connectivity index (χ4v) is 3.43. The lowest BCUT2D eigenvalue weighted by Crippen LogP contribution is -2.60. The molecule has 0 unspecified atom stereocenters. The third kappa shape index (κ3) is 3.73. The van der Waals surface area contributed by atoms with E-state index in [0.717, 1.165) is 0 Å². The van der Waals surface area contributed by atoms with Crippen LogP contribution in [0.3, 0.4) is 0 Å². The van der Waals surface area contributed by atoms with Crippen LogP contribution < -0.4 is 16.6 Å². The fourth-order valence-electron chi connectivity index (χ4n) is 3.43. The largest absolute Gasteiger partial charge is 0.388 e. The van der Waals surface area contributed by atoms with Crippen LogP contribution >= 0.6 is 0 Å². The molecule has 3 aromatic rings. The number of hydrogen-bond acceptors (Lipinski definition) is 8. The highest BCUT2D eigenvalue weighted by Gasteiger charge is 2.39. The zero-order valence-electron chi connectivity index (χ0n) is 15.6. The first-order valence-electron chi connectivity index (χ1n) is 9.22. The van der Waals surface area contributed by atoms with Crippen LogP contribution in [-0.2, 0) is 11.3 Å². The van der Waals surface area contributed by atoms with Crippen molar-refractivity contribution in [3.63, 3.8) is 0 Å². The number of aliphatic hydroxyl groups is 2. The summed E-state index contributed by atoms with van der Waals surface area (Å²) in [6.45, 7) is -0.190. The molecule has 4 rings (SSSR count). The van der Waals surface area contributed by atoms with E-state index >= 15 is 0 Å². The van der Waals surface area contributed by atoms with Gasteiger partial charge in [-0.05, 0) is 12.1 Å². The van der Waals surface area contributed by atoms with Gasteiger partial charge in [0, 0.05) is 12.4 Å². The molecular weight excluding hydrogens is 394 g/mol. The highest BCUT2D eigenvalue weighted by atomic mass is 16.5. The summed E-state index contributed by atoms with van der Waals surface area (Å²) in [6, 6.07) is 5.67. The van der Waals surface area contributed by atoms with Gasteiger partial charge in [0.25, 0.3) is 11.5 Å². The van der Waals surface area contributed by atoms with Crippen molar-refractivity contribution < 1.29 is 19.7 Å². The highest BCUT2D eigenvalue weighted by molar-refractivity contribution is 5.92. The topological polar surface area (TPSA) is 159 Å². The average molecular weight is 413 g/mol. The van der Waals surface area contributed by atoms with Crippen molar-refractivity contribution in [3.05, 3.63) is 69.4 Å². The molecule has 4 N–H and O–H groups in total. The Morgan fingerprint density at radius 2 is 2.03 bits per heavy atom. The molecule has 1 aliphatic heterocycles. The Morgan fingerprint density at radius 3 is 2.80 bits per heavy atom. The molecule has 30 heavy (non-hydrogen) atoms. The predicted octanol–water partition coefficient (Wildman–Crippen LogP) is -1.60. The number of H-pyrrole nitrogens is 1. The van der Waals surface area contributed by atoms with E-state index in [1.807, 2.05) is 0 Å². The Bertz CT molecular complexity index is 1180. The van der Waals surface area contributed by atoms with Gasteiger partial charge in [0.05, 0.1) is 36.3 Å². The number of nitrogens with zero attached hydrogens (tertiary/aromatic N) is 3. The van der Waals surface area contributed by atoms with Crippen LogP contribution in [0.25, 0.3) is 10.9 Å². The summed E-state index contributed by atoms with van der Waals surface area (Å²) in [4.78, 5) is 46.4. The second kappa shape index (κ2) is 8.14. The minimum Gasteiger partial charge on any atom is -0.388 e. The van der Waals surface area contributed by atoms with E-state index in [1.165, 1.54) is 23.2 Å². The van der Waals surface area contributed by atoms with Gasteiger partial charge in [0.1, 0.15) is 24.0 Å². The van der Waals surface area contributed by atoms with Gasteiger partial charge in [-0.3, -0.25) is 24.1 Å². The van der Waals surface area contributed by atoms with Gasteiger partial charge in [0.2, 0.25) is 0 Å². The van der Waals surface area contributed by atoms with Gasteiger partial charge in [-0.25, -0.2) is 9.78 Å². The molecule has 0 bridgehead atoms. The number of benzene rings is 1. The summed E-state index contributed by atoms with van der Waals surface area (Å²) in [5.74, 6) is -0.566. The number of ether oxygens (including phenoxy) is 1. The van der Waals surface area contributed by atoms with Crippen LogP contribution in [0.4, 0.5) is 0 Å². The lowest BCUT2D eigenvalue weighted by Gasteiger charge is -2.38. The maximum Gasteiger partial charge on any atom is 0.328 e. The number of nitrogens with one attached hydrogen (secondary N) is 2. The van der Waals surface area contributed by atoms with Gasteiger partial charge < -0.3 is 20.3 Å². The number of hydrogen-bond donors (Lipinski definition) is 4.